The Hall–Kier alpha value is -3.16. The van der Waals surface area contributed by atoms with Gasteiger partial charge in [-0.25, -0.2) is 0 Å². The van der Waals surface area contributed by atoms with Gasteiger partial charge in [0.25, 0.3) is 5.91 Å². The van der Waals surface area contributed by atoms with Crippen LogP contribution in [-0.2, 0) is 11.3 Å². The number of anilines is 1. The van der Waals surface area contributed by atoms with E-state index in [0.29, 0.717) is 16.4 Å². The largest absolute Gasteiger partial charge is 0.342 e. The third-order valence-electron chi connectivity index (χ3n) is 5.23. The molecular weight excluding hydrogens is 444 g/mol. The minimum atomic E-state index is -0.278. The van der Waals surface area contributed by atoms with Crippen molar-refractivity contribution in [1.82, 2.24) is 15.1 Å². The summed E-state index contributed by atoms with van der Waals surface area (Å²) < 4.78 is 1.89. The van der Waals surface area contributed by atoms with Gasteiger partial charge in [0, 0.05) is 16.1 Å². The maximum absolute atomic E-state index is 12.7. The summed E-state index contributed by atoms with van der Waals surface area (Å²) in [7, 11) is 0. The van der Waals surface area contributed by atoms with Gasteiger partial charge in [0.15, 0.2) is 0 Å². The number of carbonyl (C=O) groups excluding carboxylic acids is 2. The summed E-state index contributed by atoms with van der Waals surface area (Å²) in [4.78, 5) is 26.5. The van der Waals surface area contributed by atoms with Crippen LogP contribution in [0.3, 0.4) is 0 Å². The van der Waals surface area contributed by atoms with Crippen molar-refractivity contribution in [2.75, 3.05) is 11.9 Å². The number of hydrogen-bond acceptors (Lipinski definition) is 4. The fourth-order valence-electron chi connectivity index (χ4n) is 3.54. The van der Waals surface area contributed by atoms with Gasteiger partial charge in [-0.1, -0.05) is 41.9 Å². The van der Waals surface area contributed by atoms with Crippen LogP contribution in [0.1, 0.15) is 32.1 Å². The van der Waals surface area contributed by atoms with Crippen LogP contribution in [0.4, 0.5) is 5.69 Å². The van der Waals surface area contributed by atoms with Crippen LogP contribution in [0.25, 0.3) is 10.2 Å². The van der Waals surface area contributed by atoms with Crippen LogP contribution < -0.4 is 10.6 Å². The van der Waals surface area contributed by atoms with Crippen molar-refractivity contribution in [3.8, 4) is 0 Å². The topological polar surface area (TPSA) is 76.0 Å². The zero-order valence-corrected chi connectivity index (χ0v) is 19.6. The van der Waals surface area contributed by atoms with Gasteiger partial charge >= 0.3 is 0 Å². The monoisotopic (exact) mass is 466 g/mol. The van der Waals surface area contributed by atoms with Crippen molar-refractivity contribution >= 4 is 50.7 Å². The van der Waals surface area contributed by atoms with Gasteiger partial charge in [0.05, 0.1) is 23.7 Å². The number of hydrogen-bond donors (Lipinski definition) is 2. The van der Waals surface area contributed by atoms with E-state index in [1.807, 2.05) is 74.0 Å². The summed E-state index contributed by atoms with van der Waals surface area (Å²) >= 11 is 7.34. The van der Waals surface area contributed by atoms with Gasteiger partial charge < -0.3 is 10.6 Å². The van der Waals surface area contributed by atoms with E-state index < -0.39 is 0 Å². The number of benzene rings is 2. The lowest BCUT2D eigenvalue weighted by Gasteiger charge is -2.11. The van der Waals surface area contributed by atoms with Crippen molar-refractivity contribution < 1.29 is 9.59 Å². The molecule has 2 amide bonds. The lowest BCUT2D eigenvalue weighted by atomic mass is 10.1. The summed E-state index contributed by atoms with van der Waals surface area (Å²) in [6.07, 6.45) is 0. The van der Waals surface area contributed by atoms with Gasteiger partial charge in [0.1, 0.15) is 4.83 Å². The molecule has 2 N–H and O–H groups in total. The molecule has 6 nitrogen and oxygen atoms in total. The Morgan fingerprint density at radius 2 is 1.75 bits per heavy atom. The van der Waals surface area contributed by atoms with E-state index in [9.17, 15) is 9.59 Å². The van der Waals surface area contributed by atoms with E-state index in [0.717, 1.165) is 38.3 Å². The van der Waals surface area contributed by atoms with Crippen molar-refractivity contribution in [1.29, 1.82) is 0 Å². The molecule has 2 heterocycles. The number of amides is 2. The van der Waals surface area contributed by atoms with Crippen LogP contribution in [0, 0.1) is 20.8 Å². The number of halogens is 1. The Morgan fingerprint density at radius 3 is 2.44 bits per heavy atom. The Morgan fingerprint density at radius 1 is 1.06 bits per heavy atom. The summed E-state index contributed by atoms with van der Waals surface area (Å²) in [5, 5.41) is 11.8. The number of para-hydroxylation sites is 1. The smallest absolute Gasteiger partial charge is 0.261 e. The molecule has 0 bridgehead atoms. The predicted octanol–water partition coefficient (Wildman–Crippen LogP) is 5.09. The van der Waals surface area contributed by atoms with E-state index in [4.69, 9.17) is 11.6 Å². The van der Waals surface area contributed by atoms with Crippen LogP contribution in [-0.4, -0.2) is 28.1 Å². The first-order valence-electron chi connectivity index (χ1n) is 10.2. The van der Waals surface area contributed by atoms with Crippen LogP contribution in [0.2, 0.25) is 5.02 Å². The average Bonchev–Trinajstić information content (AvgIpc) is 3.32. The Balaban J connectivity index is 1.44. The lowest BCUT2D eigenvalue weighted by Crippen LogP contribution is -2.32. The second kappa shape index (κ2) is 9.14. The van der Waals surface area contributed by atoms with Gasteiger partial charge in [0.2, 0.25) is 5.91 Å². The highest BCUT2D eigenvalue weighted by Crippen LogP contribution is 2.29. The molecule has 8 heteroatoms. The number of nitrogens with one attached hydrogen (secondary N) is 2. The summed E-state index contributed by atoms with van der Waals surface area (Å²) in [5.74, 6) is -0.540. The molecule has 2 aromatic carbocycles. The summed E-state index contributed by atoms with van der Waals surface area (Å²) in [6, 6.07) is 15.3. The lowest BCUT2D eigenvalue weighted by molar-refractivity contribution is -0.115. The quantitative estimate of drug-likeness (QED) is 0.415. The fourth-order valence-corrected chi connectivity index (χ4v) is 4.74. The fraction of sp³-hybridized carbons (Fsp3) is 0.208. The molecule has 2 aromatic heterocycles. The van der Waals surface area contributed by atoms with E-state index >= 15 is 0 Å². The first-order valence-corrected chi connectivity index (χ1v) is 11.4. The van der Waals surface area contributed by atoms with E-state index in [1.165, 1.54) is 11.3 Å². The Bertz CT molecular complexity index is 1290. The average molecular weight is 467 g/mol. The molecule has 164 valence electrons. The highest BCUT2D eigenvalue weighted by atomic mass is 35.5. The van der Waals surface area contributed by atoms with Crippen LogP contribution >= 0.6 is 22.9 Å². The van der Waals surface area contributed by atoms with Crippen LogP contribution in [0.15, 0.2) is 48.5 Å². The molecule has 0 atom stereocenters. The molecular formula is C24H23ClN4O2S. The normalized spacial score (nSPS) is 11.0. The molecule has 4 rings (SSSR count). The van der Waals surface area contributed by atoms with Crippen molar-refractivity contribution in [2.45, 2.75) is 27.3 Å². The zero-order valence-electron chi connectivity index (χ0n) is 18.0. The molecule has 0 fully saturated rings. The van der Waals surface area contributed by atoms with Crippen LogP contribution in [0.5, 0.6) is 0 Å². The minimum Gasteiger partial charge on any atom is -0.342 e. The standard InChI is InChI=1S/C24H23ClN4O2S/c1-14-5-4-6-15(2)22(14)27-21(30)12-26-23(31)20-11-19-16(3)28-29(24(19)32-20)13-17-7-9-18(25)10-8-17/h4-11H,12-13H2,1-3H3,(H,26,31)(H,27,30). The number of aryl methyl sites for hydroxylation is 3. The second-order valence-electron chi connectivity index (χ2n) is 7.70. The minimum absolute atomic E-state index is 0.100. The Labute approximate surface area is 195 Å². The number of fused-ring (bicyclic) bond motifs is 1. The summed E-state index contributed by atoms with van der Waals surface area (Å²) in [6.45, 7) is 6.28. The van der Waals surface area contributed by atoms with Gasteiger partial charge in [-0.2, -0.15) is 5.10 Å². The van der Waals surface area contributed by atoms with Gasteiger partial charge in [-0.15, -0.1) is 11.3 Å². The third-order valence-corrected chi connectivity index (χ3v) is 6.63. The molecule has 0 spiro atoms. The SMILES string of the molecule is Cc1cccc(C)c1NC(=O)CNC(=O)c1cc2c(C)nn(Cc3ccc(Cl)cc3)c2s1. The number of nitrogens with zero attached hydrogens (tertiary/aromatic N) is 2. The molecule has 0 saturated heterocycles. The molecule has 0 aliphatic carbocycles. The molecule has 0 unspecified atom stereocenters. The number of rotatable bonds is 6. The molecule has 4 aromatic rings. The van der Waals surface area contributed by atoms with Crippen molar-refractivity contribution in [3.63, 3.8) is 0 Å². The molecule has 0 aliphatic rings. The summed E-state index contributed by atoms with van der Waals surface area (Å²) in [5.41, 5.74) is 4.68. The van der Waals surface area contributed by atoms with E-state index in [1.54, 1.807) is 0 Å². The first kappa shape index (κ1) is 22.0. The number of aromatic nitrogens is 2. The highest BCUT2D eigenvalue weighted by Gasteiger charge is 2.17. The van der Waals surface area contributed by atoms with Gasteiger partial charge in [-0.05, 0) is 55.7 Å². The van der Waals surface area contributed by atoms with E-state index in [2.05, 4.69) is 15.7 Å². The van der Waals surface area contributed by atoms with Crippen molar-refractivity contribution in [2.24, 2.45) is 0 Å². The van der Waals surface area contributed by atoms with Gasteiger partial charge in [-0.3, -0.25) is 14.3 Å². The Kier molecular flexibility index (Phi) is 6.30. The second-order valence-corrected chi connectivity index (χ2v) is 9.16. The van der Waals surface area contributed by atoms with Crippen molar-refractivity contribution in [3.05, 3.63) is 80.8 Å². The maximum atomic E-state index is 12.7. The molecule has 0 aliphatic heterocycles. The first-order chi connectivity index (χ1) is 15.3. The predicted molar refractivity (Wildman–Crippen MR) is 130 cm³/mol. The molecule has 0 saturated carbocycles. The number of thiophene rings is 1. The molecule has 0 radical (unpaired) electrons. The maximum Gasteiger partial charge on any atom is 0.261 e. The third kappa shape index (κ3) is 4.69. The number of carbonyl (C=O) groups is 2. The van der Waals surface area contributed by atoms with E-state index in [-0.39, 0.29) is 18.4 Å². The molecule has 32 heavy (non-hydrogen) atoms. The highest BCUT2D eigenvalue weighted by molar-refractivity contribution is 7.20. The zero-order chi connectivity index (χ0) is 22.8.